The van der Waals surface area contributed by atoms with Crippen LogP contribution in [0.25, 0.3) is 0 Å². The van der Waals surface area contributed by atoms with Gasteiger partial charge in [0, 0.05) is 12.3 Å². The SMILES string of the molecule is CC(C)(C)[C@H]1C=C[C@](C)(O)C[C@H]1O. The second-order valence-electron chi connectivity index (χ2n) is 5.38. The second kappa shape index (κ2) is 3.10. The molecule has 0 aromatic carbocycles. The van der Waals surface area contributed by atoms with Crippen LogP contribution >= 0.6 is 0 Å². The maximum Gasteiger partial charge on any atom is 0.0824 e. The van der Waals surface area contributed by atoms with Gasteiger partial charge in [0.2, 0.25) is 0 Å². The van der Waals surface area contributed by atoms with Crippen LogP contribution in [0.15, 0.2) is 12.2 Å². The van der Waals surface area contributed by atoms with Crippen LogP contribution in [-0.4, -0.2) is 21.9 Å². The van der Waals surface area contributed by atoms with E-state index < -0.39 is 11.7 Å². The molecule has 13 heavy (non-hydrogen) atoms. The number of hydrogen-bond donors (Lipinski definition) is 2. The van der Waals surface area contributed by atoms with Crippen molar-refractivity contribution in [1.29, 1.82) is 0 Å². The van der Waals surface area contributed by atoms with E-state index in [9.17, 15) is 10.2 Å². The van der Waals surface area contributed by atoms with Crippen LogP contribution in [0.2, 0.25) is 0 Å². The summed E-state index contributed by atoms with van der Waals surface area (Å²) < 4.78 is 0. The van der Waals surface area contributed by atoms with Gasteiger partial charge in [0.05, 0.1) is 11.7 Å². The molecule has 0 aromatic rings. The molecule has 0 fully saturated rings. The zero-order valence-electron chi connectivity index (χ0n) is 8.91. The van der Waals surface area contributed by atoms with Crippen molar-refractivity contribution in [2.24, 2.45) is 11.3 Å². The van der Waals surface area contributed by atoms with E-state index in [0.717, 1.165) is 0 Å². The first-order valence-electron chi connectivity index (χ1n) is 4.82. The van der Waals surface area contributed by atoms with Gasteiger partial charge < -0.3 is 10.2 Å². The summed E-state index contributed by atoms with van der Waals surface area (Å²) in [4.78, 5) is 0. The van der Waals surface area contributed by atoms with Gasteiger partial charge in [0.1, 0.15) is 0 Å². The lowest BCUT2D eigenvalue weighted by molar-refractivity contribution is -0.0133. The zero-order valence-corrected chi connectivity index (χ0v) is 8.91. The van der Waals surface area contributed by atoms with Crippen LogP contribution in [0.1, 0.15) is 34.1 Å². The number of rotatable bonds is 0. The third-order valence-electron chi connectivity index (χ3n) is 2.70. The normalized spacial score (nSPS) is 40.8. The first-order chi connectivity index (χ1) is 5.72. The molecule has 0 amide bonds. The summed E-state index contributed by atoms with van der Waals surface area (Å²) in [5, 5.41) is 19.5. The Labute approximate surface area is 80.3 Å². The van der Waals surface area contributed by atoms with Crippen molar-refractivity contribution in [1.82, 2.24) is 0 Å². The predicted molar refractivity (Wildman–Crippen MR) is 53.3 cm³/mol. The van der Waals surface area contributed by atoms with Crippen LogP contribution in [-0.2, 0) is 0 Å². The van der Waals surface area contributed by atoms with Crippen molar-refractivity contribution in [3.05, 3.63) is 12.2 Å². The molecule has 0 radical (unpaired) electrons. The third kappa shape index (κ3) is 2.55. The van der Waals surface area contributed by atoms with Gasteiger partial charge in [-0.1, -0.05) is 32.9 Å². The molecule has 0 saturated carbocycles. The first-order valence-corrected chi connectivity index (χ1v) is 4.82. The topological polar surface area (TPSA) is 40.5 Å². The number of aliphatic hydroxyl groups is 2. The van der Waals surface area contributed by atoms with Gasteiger partial charge >= 0.3 is 0 Å². The molecule has 1 rings (SSSR count). The molecule has 0 unspecified atom stereocenters. The minimum absolute atomic E-state index is 0.0619. The summed E-state index contributed by atoms with van der Waals surface area (Å²) in [7, 11) is 0. The lowest BCUT2D eigenvalue weighted by atomic mass is 9.71. The molecule has 76 valence electrons. The van der Waals surface area contributed by atoms with Gasteiger partial charge in [0.15, 0.2) is 0 Å². The molecule has 1 aliphatic rings. The first kappa shape index (κ1) is 10.7. The molecule has 2 nitrogen and oxygen atoms in total. The van der Waals surface area contributed by atoms with Gasteiger partial charge in [0.25, 0.3) is 0 Å². The predicted octanol–water partition coefficient (Wildman–Crippen LogP) is 1.72. The molecule has 0 heterocycles. The highest BCUT2D eigenvalue weighted by atomic mass is 16.3. The van der Waals surface area contributed by atoms with Crippen LogP contribution in [0.4, 0.5) is 0 Å². The Morgan fingerprint density at radius 1 is 1.38 bits per heavy atom. The number of hydrogen-bond acceptors (Lipinski definition) is 2. The molecule has 0 aliphatic heterocycles. The van der Waals surface area contributed by atoms with E-state index >= 15 is 0 Å². The molecule has 1 aliphatic carbocycles. The molecule has 0 bridgehead atoms. The van der Waals surface area contributed by atoms with E-state index in [2.05, 4.69) is 20.8 Å². The lowest BCUT2D eigenvalue weighted by Gasteiger charge is -2.38. The zero-order chi connectivity index (χ0) is 10.3. The molecule has 0 saturated heterocycles. The van der Waals surface area contributed by atoms with Crippen LogP contribution in [0, 0.1) is 11.3 Å². The van der Waals surface area contributed by atoms with E-state index in [1.54, 1.807) is 13.0 Å². The van der Waals surface area contributed by atoms with Gasteiger partial charge in [-0.3, -0.25) is 0 Å². The third-order valence-corrected chi connectivity index (χ3v) is 2.70. The van der Waals surface area contributed by atoms with Crippen molar-refractivity contribution in [2.45, 2.75) is 45.8 Å². The Bertz CT molecular complexity index is 211. The standard InChI is InChI=1S/C11H20O2/c1-10(2,3)8-5-6-11(4,13)7-9(8)12/h5-6,8-9,12-13H,7H2,1-4H3/t8-,9+,11-/m0/s1. The fourth-order valence-electron chi connectivity index (χ4n) is 1.92. The summed E-state index contributed by atoms with van der Waals surface area (Å²) in [5.41, 5.74) is -0.770. The van der Waals surface area contributed by atoms with Gasteiger partial charge in [-0.2, -0.15) is 0 Å². The Kier molecular flexibility index (Phi) is 2.56. The van der Waals surface area contributed by atoms with Crippen molar-refractivity contribution in [3.8, 4) is 0 Å². The summed E-state index contributed by atoms with van der Waals surface area (Å²) >= 11 is 0. The fraction of sp³-hybridized carbons (Fsp3) is 0.818. The average molecular weight is 184 g/mol. The minimum atomic E-state index is -0.832. The smallest absolute Gasteiger partial charge is 0.0824 e. The summed E-state index contributed by atoms with van der Waals surface area (Å²) in [6.45, 7) is 8.04. The lowest BCUT2D eigenvalue weighted by Crippen LogP contribution is -2.40. The molecule has 2 N–H and O–H groups in total. The highest BCUT2D eigenvalue weighted by molar-refractivity contribution is 5.11. The monoisotopic (exact) mass is 184 g/mol. The van der Waals surface area contributed by atoms with Crippen LogP contribution in [0.5, 0.6) is 0 Å². The molecule has 0 aromatic heterocycles. The largest absolute Gasteiger partial charge is 0.392 e. The van der Waals surface area contributed by atoms with Gasteiger partial charge in [-0.25, -0.2) is 0 Å². The molecular weight excluding hydrogens is 164 g/mol. The van der Waals surface area contributed by atoms with Crippen LogP contribution < -0.4 is 0 Å². The van der Waals surface area contributed by atoms with E-state index in [1.807, 2.05) is 6.08 Å². The Hall–Kier alpha value is -0.340. The Balaban J connectivity index is 2.83. The Morgan fingerprint density at radius 3 is 2.31 bits per heavy atom. The fourth-order valence-corrected chi connectivity index (χ4v) is 1.92. The van der Waals surface area contributed by atoms with Crippen molar-refractivity contribution in [2.75, 3.05) is 0 Å². The van der Waals surface area contributed by atoms with E-state index in [4.69, 9.17) is 0 Å². The quantitative estimate of drug-likeness (QED) is 0.563. The van der Waals surface area contributed by atoms with E-state index in [0.29, 0.717) is 6.42 Å². The highest BCUT2D eigenvalue weighted by Gasteiger charge is 2.36. The van der Waals surface area contributed by atoms with Crippen molar-refractivity contribution >= 4 is 0 Å². The van der Waals surface area contributed by atoms with Gasteiger partial charge in [-0.05, 0) is 12.3 Å². The molecule has 3 atom stereocenters. The van der Waals surface area contributed by atoms with Crippen LogP contribution in [0.3, 0.4) is 0 Å². The Morgan fingerprint density at radius 2 is 1.92 bits per heavy atom. The molecule has 2 heteroatoms. The summed E-state index contributed by atoms with van der Waals surface area (Å²) in [5.74, 6) is 0.146. The summed E-state index contributed by atoms with van der Waals surface area (Å²) in [6.07, 6.45) is 3.75. The maximum atomic E-state index is 9.83. The van der Waals surface area contributed by atoms with Crippen molar-refractivity contribution < 1.29 is 10.2 Å². The maximum absolute atomic E-state index is 9.83. The second-order valence-corrected chi connectivity index (χ2v) is 5.38. The highest BCUT2D eigenvalue weighted by Crippen LogP contribution is 2.36. The number of aliphatic hydroxyl groups excluding tert-OH is 1. The average Bonchev–Trinajstić information content (AvgIpc) is 1.80. The van der Waals surface area contributed by atoms with E-state index in [1.165, 1.54) is 0 Å². The van der Waals surface area contributed by atoms with E-state index in [-0.39, 0.29) is 11.3 Å². The minimum Gasteiger partial charge on any atom is -0.392 e. The summed E-state index contributed by atoms with van der Waals surface area (Å²) in [6, 6.07) is 0. The van der Waals surface area contributed by atoms with Gasteiger partial charge in [-0.15, -0.1) is 0 Å². The molecular formula is C11H20O2. The molecule has 0 spiro atoms. The van der Waals surface area contributed by atoms with Crippen molar-refractivity contribution in [3.63, 3.8) is 0 Å².